The van der Waals surface area contributed by atoms with Gasteiger partial charge in [0.05, 0.1) is 0 Å². The standard InChI is InChI=1S/C5H11N3/c1-5(2-6-1)3-7-8-4-5/h6-8H,1-4H2. The molecule has 1 spiro atoms. The second-order valence-electron chi connectivity index (χ2n) is 2.81. The fourth-order valence-corrected chi connectivity index (χ4v) is 1.29. The summed E-state index contributed by atoms with van der Waals surface area (Å²) in [5.41, 5.74) is 6.83. The van der Waals surface area contributed by atoms with Crippen molar-refractivity contribution in [2.75, 3.05) is 26.2 Å². The van der Waals surface area contributed by atoms with Crippen LogP contribution in [-0.2, 0) is 0 Å². The number of hydrogen-bond donors (Lipinski definition) is 3. The molecule has 0 radical (unpaired) electrons. The minimum absolute atomic E-state index is 0.583. The van der Waals surface area contributed by atoms with Gasteiger partial charge in [0, 0.05) is 31.6 Å². The van der Waals surface area contributed by atoms with Gasteiger partial charge in [0.25, 0.3) is 0 Å². The lowest BCUT2D eigenvalue weighted by Crippen LogP contribution is -2.56. The Morgan fingerprint density at radius 1 is 0.875 bits per heavy atom. The normalized spacial score (nSPS) is 33.0. The average molecular weight is 113 g/mol. The van der Waals surface area contributed by atoms with Gasteiger partial charge < -0.3 is 5.32 Å². The Morgan fingerprint density at radius 3 is 1.75 bits per heavy atom. The third-order valence-corrected chi connectivity index (χ3v) is 2.05. The Labute approximate surface area is 48.8 Å². The van der Waals surface area contributed by atoms with Crippen LogP contribution in [0.1, 0.15) is 0 Å². The van der Waals surface area contributed by atoms with Crippen molar-refractivity contribution in [2.45, 2.75) is 0 Å². The number of rotatable bonds is 0. The van der Waals surface area contributed by atoms with Crippen molar-refractivity contribution < 1.29 is 0 Å². The van der Waals surface area contributed by atoms with Gasteiger partial charge in [0.1, 0.15) is 0 Å². The van der Waals surface area contributed by atoms with Crippen molar-refractivity contribution in [3.05, 3.63) is 0 Å². The molecule has 0 aromatic rings. The number of hydrogen-bond acceptors (Lipinski definition) is 3. The summed E-state index contributed by atoms with van der Waals surface area (Å²) in [6.07, 6.45) is 0. The van der Waals surface area contributed by atoms with Crippen molar-refractivity contribution in [3.8, 4) is 0 Å². The first-order valence-electron chi connectivity index (χ1n) is 3.08. The molecule has 3 N–H and O–H groups in total. The van der Waals surface area contributed by atoms with Gasteiger partial charge in [-0.05, 0) is 0 Å². The molecule has 8 heavy (non-hydrogen) atoms. The van der Waals surface area contributed by atoms with Gasteiger partial charge >= 0.3 is 0 Å². The first-order valence-corrected chi connectivity index (χ1v) is 3.08. The molecule has 0 amide bonds. The summed E-state index contributed by atoms with van der Waals surface area (Å²) < 4.78 is 0. The van der Waals surface area contributed by atoms with E-state index in [1.54, 1.807) is 0 Å². The van der Waals surface area contributed by atoms with E-state index in [0.717, 1.165) is 13.1 Å². The summed E-state index contributed by atoms with van der Waals surface area (Å²) in [6, 6.07) is 0. The van der Waals surface area contributed by atoms with Gasteiger partial charge in [0.15, 0.2) is 0 Å². The zero-order valence-corrected chi connectivity index (χ0v) is 4.83. The molecule has 0 atom stereocenters. The Morgan fingerprint density at radius 2 is 1.50 bits per heavy atom. The third-order valence-electron chi connectivity index (χ3n) is 2.05. The van der Waals surface area contributed by atoms with E-state index in [-0.39, 0.29) is 0 Å². The topological polar surface area (TPSA) is 36.1 Å². The summed E-state index contributed by atoms with van der Waals surface area (Å²) in [7, 11) is 0. The molecule has 2 aliphatic heterocycles. The van der Waals surface area contributed by atoms with Crippen LogP contribution in [0, 0.1) is 5.41 Å². The van der Waals surface area contributed by atoms with Crippen LogP contribution in [0.15, 0.2) is 0 Å². The molecular weight excluding hydrogens is 102 g/mol. The molecule has 2 rings (SSSR count). The Kier molecular flexibility index (Phi) is 0.848. The maximum atomic E-state index is 3.26. The highest BCUT2D eigenvalue weighted by Gasteiger charge is 2.39. The minimum Gasteiger partial charge on any atom is -0.315 e. The second kappa shape index (κ2) is 1.43. The van der Waals surface area contributed by atoms with Crippen LogP contribution in [0.3, 0.4) is 0 Å². The van der Waals surface area contributed by atoms with Crippen LogP contribution >= 0.6 is 0 Å². The molecule has 2 aliphatic rings. The van der Waals surface area contributed by atoms with Crippen molar-refractivity contribution in [1.82, 2.24) is 16.2 Å². The quantitative estimate of drug-likeness (QED) is 0.365. The van der Waals surface area contributed by atoms with E-state index in [9.17, 15) is 0 Å². The lowest BCUT2D eigenvalue weighted by molar-refractivity contribution is 0.213. The maximum Gasteiger partial charge on any atom is 0.0229 e. The molecular formula is C5H11N3. The predicted molar refractivity (Wildman–Crippen MR) is 31.3 cm³/mol. The van der Waals surface area contributed by atoms with Gasteiger partial charge in [0.2, 0.25) is 0 Å². The van der Waals surface area contributed by atoms with E-state index in [0.29, 0.717) is 5.41 Å². The fraction of sp³-hybridized carbons (Fsp3) is 1.00. The molecule has 0 aromatic carbocycles. The van der Waals surface area contributed by atoms with E-state index in [1.165, 1.54) is 13.1 Å². The molecule has 2 fully saturated rings. The molecule has 3 heteroatoms. The Bertz CT molecular complexity index is 89.8. The van der Waals surface area contributed by atoms with E-state index in [1.807, 2.05) is 0 Å². The van der Waals surface area contributed by atoms with Crippen LogP contribution in [0.5, 0.6) is 0 Å². The van der Waals surface area contributed by atoms with Crippen LogP contribution in [0.4, 0.5) is 0 Å². The highest BCUT2D eigenvalue weighted by molar-refractivity contribution is 4.97. The lowest BCUT2D eigenvalue weighted by atomic mass is 9.83. The highest BCUT2D eigenvalue weighted by Crippen LogP contribution is 2.21. The summed E-state index contributed by atoms with van der Waals surface area (Å²) in [6.45, 7) is 4.65. The van der Waals surface area contributed by atoms with Crippen molar-refractivity contribution in [2.24, 2.45) is 5.41 Å². The molecule has 2 saturated heterocycles. The monoisotopic (exact) mass is 113 g/mol. The summed E-state index contributed by atoms with van der Waals surface area (Å²) in [4.78, 5) is 0. The molecule has 46 valence electrons. The third kappa shape index (κ3) is 0.491. The van der Waals surface area contributed by atoms with Crippen LogP contribution in [-0.4, -0.2) is 26.2 Å². The first-order chi connectivity index (χ1) is 3.91. The lowest BCUT2D eigenvalue weighted by Gasteiger charge is -2.37. The van der Waals surface area contributed by atoms with Crippen LogP contribution in [0.2, 0.25) is 0 Å². The van der Waals surface area contributed by atoms with E-state index in [2.05, 4.69) is 16.2 Å². The van der Waals surface area contributed by atoms with Crippen LogP contribution in [0.25, 0.3) is 0 Å². The smallest absolute Gasteiger partial charge is 0.0229 e. The number of nitrogens with one attached hydrogen (secondary N) is 3. The first kappa shape index (κ1) is 4.73. The van der Waals surface area contributed by atoms with Gasteiger partial charge in [-0.2, -0.15) is 0 Å². The van der Waals surface area contributed by atoms with E-state index < -0.39 is 0 Å². The molecule has 3 nitrogen and oxygen atoms in total. The fourth-order valence-electron chi connectivity index (χ4n) is 1.29. The number of hydrazine groups is 1. The van der Waals surface area contributed by atoms with Crippen molar-refractivity contribution in [3.63, 3.8) is 0 Å². The molecule has 2 heterocycles. The Hall–Kier alpha value is -0.120. The van der Waals surface area contributed by atoms with E-state index in [4.69, 9.17) is 0 Å². The molecule has 0 bridgehead atoms. The van der Waals surface area contributed by atoms with Crippen molar-refractivity contribution in [1.29, 1.82) is 0 Å². The average Bonchev–Trinajstić information content (AvgIpc) is 2.07. The largest absolute Gasteiger partial charge is 0.315 e. The summed E-state index contributed by atoms with van der Waals surface area (Å²) in [5.74, 6) is 0. The van der Waals surface area contributed by atoms with Gasteiger partial charge in [-0.15, -0.1) is 0 Å². The SMILES string of the molecule is C1NCC12CNNC2. The second-order valence-corrected chi connectivity index (χ2v) is 2.81. The predicted octanol–water partition coefficient (Wildman–Crippen LogP) is -1.32. The van der Waals surface area contributed by atoms with E-state index >= 15 is 0 Å². The highest BCUT2D eigenvalue weighted by atomic mass is 15.4. The van der Waals surface area contributed by atoms with Crippen LogP contribution < -0.4 is 16.2 Å². The molecule has 0 aliphatic carbocycles. The van der Waals surface area contributed by atoms with Gasteiger partial charge in [-0.1, -0.05) is 0 Å². The van der Waals surface area contributed by atoms with Crippen molar-refractivity contribution >= 4 is 0 Å². The zero-order valence-electron chi connectivity index (χ0n) is 4.83. The minimum atomic E-state index is 0.583. The zero-order chi connectivity index (χ0) is 5.45. The summed E-state index contributed by atoms with van der Waals surface area (Å²) >= 11 is 0. The van der Waals surface area contributed by atoms with Gasteiger partial charge in [-0.25, -0.2) is 0 Å². The molecule has 0 saturated carbocycles. The molecule has 0 unspecified atom stereocenters. The molecule has 0 aromatic heterocycles. The Balaban J connectivity index is 2.01. The summed E-state index contributed by atoms with van der Waals surface area (Å²) in [5, 5.41) is 3.26. The van der Waals surface area contributed by atoms with Gasteiger partial charge in [-0.3, -0.25) is 10.9 Å². The maximum absolute atomic E-state index is 3.26.